The maximum Gasteiger partial charge on any atom is 0.260 e. The first-order valence-electron chi connectivity index (χ1n) is 12.3. The second-order valence-electron chi connectivity index (χ2n) is 9.10. The Morgan fingerprint density at radius 1 is 1.24 bits per heavy atom. The number of anilines is 2. The van der Waals surface area contributed by atoms with Gasteiger partial charge in [-0.1, -0.05) is 66.0 Å². The summed E-state index contributed by atoms with van der Waals surface area (Å²) in [4.78, 5) is 20.1. The van der Waals surface area contributed by atoms with Crippen LogP contribution in [0.2, 0.25) is 0 Å². The highest BCUT2D eigenvalue weighted by Crippen LogP contribution is 2.37. The molecular formula is C29H47N5O3S. The average Bonchev–Trinajstić information content (AvgIpc) is 3.21. The molecule has 3 heterocycles. The van der Waals surface area contributed by atoms with Gasteiger partial charge in [0.1, 0.15) is 15.5 Å². The fourth-order valence-corrected chi connectivity index (χ4v) is 5.55. The summed E-state index contributed by atoms with van der Waals surface area (Å²) in [5, 5.41) is 14.6. The number of pyridine rings is 1. The van der Waals surface area contributed by atoms with Crippen LogP contribution in [-0.2, 0) is 17.8 Å². The van der Waals surface area contributed by atoms with E-state index in [1.54, 1.807) is 0 Å². The van der Waals surface area contributed by atoms with Crippen LogP contribution < -0.4 is 21.7 Å². The van der Waals surface area contributed by atoms with Crippen LogP contribution in [0.4, 0.5) is 11.5 Å². The summed E-state index contributed by atoms with van der Waals surface area (Å²) in [6.45, 7) is 5.18. The van der Waals surface area contributed by atoms with E-state index < -0.39 is 12.0 Å². The smallest absolute Gasteiger partial charge is 0.260 e. The van der Waals surface area contributed by atoms with Crippen molar-refractivity contribution in [1.82, 2.24) is 10.3 Å². The van der Waals surface area contributed by atoms with Crippen LogP contribution >= 0.6 is 11.3 Å². The van der Waals surface area contributed by atoms with Crippen molar-refractivity contribution in [2.75, 3.05) is 36.9 Å². The lowest BCUT2D eigenvalue weighted by atomic mass is 10.0. The Morgan fingerprint density at radius 2 is 1.92 bits per heavy atom. The van der Waals surface area contributed by atoms with Gasteiger partial charge in [-0.25, -0.2) is 4.98 Å². The predicted octanol–water partition coefficient (Wildman–Crippen LogP) is 4.97. The number of hydrogen-bond acceptors (Lipinski definition) is 8. The molecule has 0 bridgehead atoms. The molecule has 1 aromatic carbocycles. The number of aryl methyl sites for hydroxylation is 1. The Balaban J connectivity index is 0.00000241. The second kappa shape index (κ2) is 15.6. The van der Waals surface area contributed by atoms with E-state index in [9.17, 15) is 9.90 Å². The summed E-state index contributed by atoms with van der Waals surface area (Å²) in [7, 11) is 0. The maximum atomic E-state index is 11.8. The Hall–Kier alpha value is -2.72. The number of fused-ring (bicyclic) bond motifs is 1. The van der Waals surface area contributed by atoms with Crippen molar-refractivity contribution in [3.8, 4) is 0 Å². The molecule has 1 aliphatic heterocycles. The summed E-state index contributed by atoms with van der Waals surface area (Å²) < 4.78 is 5.64. The minimum atomic E-state index is -0.541. The number of rotatable bonds is 11. The van der Waals surface area contributed by atoms with E-state index in [1.807, 2.05) is 30.3 Å². The molecule has 3 aromatic rings. The summed E-state index contributed by atoms with van der Waals surface area (Å²) in [5.41, 5.74) is 14.4. The number of aliphatic hydroxyl groups excluding tert-OH is 1. The number of piperidine rings is 1. The largest absolute Gasteiger partial charge is 0.397 e. The zero-order valence-electron chi connectivity index (χ0n) is 20.2. The molecule has 0 radical (unpaired) electrons. The summed E-state index contributed by atoms with van der Waals surface area (Å²) in [6, 6.07) is 12.4. The third-order valence-electron chi connectivity index (χ3n) is 6.39. The van der Waals surface area contributed by atoms with Gasteiger partial charge in [-0.05, 0) is 36.5 Å². The predicted molar refractivity (Wildman–Crippen MR) is 162 cm³/mol. The van der Waals surface area contributed by atoms with Gasteiger partial charge in [-0.2, -0.15) is 0 Å². The van der Waals surface area contributed by atoms with Crippen LogP contribution in [0.25, 0.3) is 10.2 Å². The molecule has 0 saturated carbocycles. The van der Waals surface area contributed by atoms with E-state index in [4.69, 9.17) is 21.2 Å². The molecule has 1 atom stereocenters. The minimum absolute atomic E-state index is 0. The summed E-state index contributed by atoms with van der Waals surface area (Å²) in [5.74, 6) is 0.417. The molecule has 1 amide bonds. The first-order chi connectivity index (χ1) is 17.0. The minimum Gasteiger partial charge on any atom is -0.397 e. The first kappa shape index (κ1) is 33.3. The van der Waals surface area contributed by atoms with Gasteiger partial charge in [-0.3, -0.25) is 4.79 Å². The number of nitrogens with zero attached hydrogens (tertiary/aromatic N) is 2. The van der Waals surface area contributed by atoms with E-state index >= 15 is 0 Å². The lowest BCUT2D eigenvalue weighted by Crippen LogP contribution is -2.45. The zero-order chi connectivity index (χ0) is 24.8. The third kappa shape index (κ3) is 8.14. The monoisotopic (exact) mass is 545 g/mol. The molecule has 0 spiro atoms. The van der Waals surface area contributed by atoms with Crippen molar-refractivity contribution in [3.05, 3.63) is 52.4 Å². The number of hydrogen-bond donors (Lipinski definition) is 4. The van der Waals surface area contributed by atoms with Gasteiger partial charge < -0.3 is 31.5 Å². The SMILES string of the molecule is C.C.C.CCCc1cc(N2CCC(NCC(O)COCc3ccccc3)CC2)nc2sc(C(N)=O)c(N)c12. The molecule has 9 heteroatoms. The van der Waals surface area contributed by atoms with Crippen LogP contribution in [-0.4, -0.2) is 54.4 Å². The molecule has 1 unspecified atom stereocenters. The van der Waals surface area contributed by atoms with Gasteiger partial charge in [0.15, 0.2) is 0 Å². The molecule has 8 nitrogen and oxygen atoms in total. The summed E-state index contributed by atoms with van der Waals surface area (Å²) >= 11 is 1.28. The van der Waals surface area contributed by atoms with Crippen molar-refractivity contribution in [3.63, 3.8) is 0 Å². The number of aromatic nitrogens is 1. The molecule has 1 saturated heterocycles. The van der Waals surface area contributed by atoms with Gasteiger partial charge in [0.25, 0.3) is 5.91 Å². The zero-order valence-corrected chi connectivity index (χ0v) is 21.0. The number of carbonyl (C=O) groups excluding carboxylic acids is 1. The van der Waals surface area contributed by atoms with Crippen LogP contribution in [0.1, 0.15) is 69.3 Å². The van der Waals surface area contributed by atoms with Crippen LogP contribution in [0.5, 0.6) is 0 Å². The van der Waals surface area contributed by atoms with Crippen molar-refractivity contribution < 1.29 is 14.6 Å². The number of benzene rings is 1. The number of nitrogens with one attached hydrogen (secondary N) is 1. The lowest BCUT2D eigenvalue weighted by Gasteiger charge is -2.34. The van der Waals surface area contributed by atoms with E-state index in [0.717, 1.165) is 65.9 Å². The number of aliphatic hydroxyl groups is 1. The molecule has 1 aliphatic rings. The normalized spacial score (nSPS) is 14.3. The first-order valence-corrected chi connectivity index (χ1v) is 13.1. The number of nitrogens with two attached hydrogens (primary N) is 2. The van der Waals surface area contributed by atoms with Crippen molar-refractivity contribution in [2.24, 2.45) is 5.73 Å². The third-order valence-corrected chi connectivity index (χ3v) is 7.51. The van der Waals surface area contributed by atoms with Gasteiger partial charge >= 0.3 is 0 Å². The Bertz CT molecular complexity index is 1130. The number of amides is 1. The van der Waals surface area contributed by atoms with E-state index in [2.05, 4.69) is 23.2 Å². The highest BCUT2D eigenvalue weighted by atomic mass is 32.1. The Kier molecular flexibility index (Phi) is 13.7. The topological polar surface area (TPSA) is 127 Å². The number of primary amides is 1. The van der Waals surface area contributed by atoms with E-state index in [1.165, 1.54) is 11.3 Å². The Morgan fingerprint density at radius 3 is 2.55 bits per heavy atom. The van der Waals surface area contributed by atoms with Crippen molar-refractivity contribution >= 4 is 39.0 Å². The highest BCUT2D eigenvalue weighted by Gasteiger charge is 2.24. The van der Waals surface area contributed by atoms with Crippen LogP contribution in [0, 0.1) is 0 Å². The fraction of sp³-hybridized carbons (Fsp3) is 0.517. The number of thiophene rings is 1. The van der Waals surface area contributed by atoms with Crippen LogP contribution in [0.15, 0.2) is 36.4 Å². The molecule has 212 valence electrons. The van der Waals surface area contributed by atoms with Gasteiger partial charge in [-0.15, -0.1) is 11.3 Å². The van der Waals surface area contributed by atoms with Gasteiger partial charge in [0.05, 0.1) is 25.0 Å². The molecule has 38 heavy (non-hydrogen) atoms. The van der Waals surface area contributed by atoms with E-state index in [-0.39, 0.29) is 22.3 Å². The molecule has 0 aliphatic carbocycles. The molecule has 4 rings (SSSR count). The quantitative estimate of drug-likeness (QED) is 0.268. The van der Waals surface area contributed by atoms with E-state index in [0.29, 0.717) is 36.4 Å². The summed E-state index contributed by atoms with van der Waals surface area (Å²) in [6.07, 6.45) is 3.22. The van der Waals surface area contributed by atoms with Crippen molar-refractivity contribution in [2.45, 2.75) is 73.6 Å². The van der Waals surface area contributed by atoms with Crippen molar-refractivity contribution in [1.29, 1.82) is 0 Å². The standard InChI is InChI=1S/C26H35N5O3S.3CH4/c1-2-6-18-13-21(30-26-22(18)23(27)24(35-26)25(28)33)31-11-9-19(10-12-31)29-14-20(32)16-34-15-17-7-4-3-5-8-17;;;/h3-5,7-8,13,19-20,29,32H,2,6,9-12,14-16,27H2,1H3,(H2,28,33);3*1H4. The maximum absolute atomic E-state index is 11.8. The number of nitrogen functional groups attached to an aromatic ring is 1. The average molecular weight is 546 g/mol. The van der Waals surface area contributed by atoms with Gasteiger partial charge in [0, 0.05) is 31.1 Å². The lowest BCUT2D eigenvalue weighted by molar-refractivity contribution is 0.0272. The fourth-order valence-electron chi connectivity index (χ4n) is 4.56. The highest BCUT2D eigenvalue weighted by molar-refractivity contribution is 7.21. The number of carbonyl (C=O) groups is 1. The Labute approximate surface area is 232 Å². The molecule has 6 N–H and O–H groups in total. The molecule has 2 aromatic heterocycles. The van der Waals surface area contributed by atoms with Crippen LogP contribution in [0.3, 0.4) is 0 Å². The van der Waals surface area contributed by atoms with Gasteiger partial charge in [0.2, 0.25) is 0 Å². The molecule has 1 fully saturated rings. The molecular weight excluding hydrogens is 498 g/mol. The number of ether oxygens (including phenoxy) is 1. The second-order valence-corrected chi connectivity index (χ2v) is 10.1.